The predicted octanol–water partition coefficient (Wildman–Crippen LogP) is 1.83. The molecule has 0 radical (unpaired) electrons. The number of hydrogen-bond acceptors (Lipinski definition) is 4. The van der Waals surface area contributed by atoms with Crippen molar-refractivity contribution >= 4 is 5.69 Å². The second kappa shape index (κ2) is 5.85. The molecule has 4 nitrogen and oxygen atoms in total. The number of nitriles is 1. The largest absolute Gasteiger partial charge is 0.365 e. The van der Waals surface area contributed by atoms with Crippen molar-refractivity contribution in [1.82, 2.24) is 0 Å². The Morgan fingerprint density at radius 1 is 1.56 bits per heavy atom. The first-order valence-corrected chi connectivity index (χ1v) is 6.37. The van der Waals surface area contributed by atoms with Gasteiger partial charge in [-0.2, -0.15) is 5.26 Å². The van der Waals surface area contributed by atoms with Crippen molar-refractivity contribution in [3.05, 3.63) is 29.8 Å². The molecule has 1 saturated heterocycles. The molecule has 96 valence electrons. The van der Waals surface area contributed by atoms with Gasteiger partial charge in [-0.05, 0) is 18.1 Å². The molecule has 2 rings (SSSR count). The van der Waals surface area contributed by atoms with E-state index in [4.69, 9.17) is 15.7 Å². The summed E-state index contributed by atoms with van der Waals surface area (Å²) in [6.45, 7) is 4.10. The van der Waals surface area contributed by atoms with E-state index in [1.54, 1.807) is 0 Å². The smallest absolute Gasteiger partial charge is 0.161 e. The Hall–Kier alpha value is -1.57. The lowest BCUT2D eigenvalue weighted by molar-refractivity contribution is 0.0764. The minimum Gasteiger partial charge on any atom is -0.365 e. The van der Waals surface area contributed by atoms with E-state index in [9.17, 15) is 0 Å². The van der Waals surface area contributed by atoms with Crippen LogP contribution in [0.2, 0.25) is 0 Å². The molecule has 1 fully saturated rings. The third-order valence-electron chi connectivity index (χ3n) is 3.33. The van der Waals surface area contributed by atoms with Gasteiger partial charge in [-0.15, -0.1) is 0 Å². The van der Waals surface area contributed by atoms with Crippen LogP contribution in [0.25, 0.3) is 0 Å². The van der Waals surface area contributed by atoms with Gasteiger partial charge in [0.25, 0.3) is 0 Å². The van der Waals surface area contributed by atoms with Crippen LogP contribution in [0.4, 0.5) is 5.69 Å². The molecule has 0 aromatic heterocycles. The lowest BCUT2D eigenvalue weighted by Crippen LogP contribution is -2.42. The lowest BCUT2D eigenvalue weighted by atomic mass is 10.0. The Balaban J connectivity index is 2.25. The van der Waals surface area contributed by atoms with Crippen molar-refractivity contribution < 1.29 is 4.74 Å². The fourth-order valence-corrected chi connectivity index (χ4v) is 2.26. The summed E-state index contributed by atoms with van der Waals surface area (Å²) in [7, 11) is 0. The maximum absolute atomic E-state index is 8.95. The molecule has 0 bridgehead atoms. The van der Waals surface area contributed by atoms with Crippen LogP contribution in [-0.2, 0) is 4.74 Å². The minimum absolute atomic E-state index is 0.0459. The zero-order valence-electron chi connectivity index (χ0n) is 10.7. The Labute approximate surface area is 108 Å². The van der Waals surface area contributed by atoms with Gasteiger partial charge in [0, 0.05) is 18.3 Å². The van der Waals surface area contributed by atoms with Crippen molar-refractivity contribution in [3.8, 4) is 6.07 Å². The highest BCUT2D eigenvalue weighted by Gasteiger charge is 2.22. The van der Waals surface area contributed by atoms with Crippen LogP contribution in [-0.4, -0.2) is 25.8 Å². The van der Waals surface area contributed by atoms with E-state index in [0.717, 1.165) is 24.2 Å². The van der Waals surface area contributed by atoms with Crippen LogP contribution in [0.15, 0.2) is 24.3 Å². The predicted molar refractivity (Wildman–Crippen MR) is 71.2 cm³/mol. The summed E-state index contributed by atoms with van der Waals surface area (Å²) in [5.41, 5.74) is 8.43. The summed E-state index contributed by atoms with van der Waals surface area (Å²) in [5.74, 6) is 0. The summed E-state index contributed by atoms with van der Waals surface area (Å²) < 4.78 is 5.37. The summed E-state index contributed by atoms with van der Waals surface area (Å²) in [6, 6.07) is 10.4. The second-order valence-corrected chi connectivity index (χ2v) is 4.51. The van der Waals surface area contributed by atoms with Crippen LogP contribution in [0.1, 0.15) is 24.9 Å². The van der Waals surface area contributed by atoms with Gasteiger partial charge < -0.3 is 15.4 Å². The molecule has 18 heavy (non-hydrogen) atoms. The number of hydrogen-bond donors (Lipinski definition) is 1. The minimum atomic E-state index is -0.343. The van der Waals surface area contributed by atoms with Crippen LogP contribution in [0, 0.1) is 11.3 Å². The lowest BCUT2D eigenvalue weighted by Gasteiger charge is -2.33. The molecule has 2 N–H and O–H groups in total. The topological polar surface area (TPSA) is 62.3 Å². The maximum atomic E-state index is 8.95. The van der Waals surface area contributed by atoms with Gasteiger partial charge in [0.15, 0.2) is 6.10 Å². The molecule has 0 aliphatic carbocycles. The number of benzene rings is 1. The van der Waals surface area contributed by atoms with Gasteiger partial charge in [-0.25, -0.2) is 0 Å². The van der Waals surface area contributed by atoms with Gasteiger partial charge >= 0.3 is 0 Å². The monoisotopic (exact) mass is 245 g/mol. The number of anilines is 1. The summed E-state index contributed by atoms with van der Waals surface area (Å²) in [4.78, 5) is 2.20. The van der Waals surface area contributed by atoms with Crippen molar-refractivity contribution in [2.75, 3.05) is 24.6 Å². The zero-order chi connectivity index (χ0) is 13.0. The highest BCUT2D eigenvalue weighted by atomic mass is 16.5. The van der Waals surface area contributed by atoms with Crippen molar-refractivity contribution in [2.45, 2.75) is 25.5 Å². The standard InChI is InChI=1S/C14H19N3O/c1-2-13(16)12-5-3-4-6-14(12)17-7-8-18-11(9-15)10-17/h3-6,11,13H,2,7-8,10,16H2,1H3. The van der Waals surface area contributed by atoms with Gasteiger partial charge in [-0.1, -0.05) is 25.1 Å². The molecule has 1 aliphatic heterocycles. The molecule has 0 spiro atoms. The average Bonchev–Trinajstić information content (AvgIpc) is 2.46. The highest BCUT2D eigenvalue weighted by Crippen LogP contribution is 2.28. The van der Waals surface area contributed by atoms with Crippen molar-refractivity contribution in [1.29, 1.82) is 5.26 Å². The molecular weight excluding hydrogens is 226 g/mol. The van der Waals surface area contributed by atoms with Crippen LogP contribution < -0.4 is 10.6 Å². The average molecular weight is 245 g/mol. The van der Waals surface area contributed by atoms with Crippen LogP contribution in [0.3, 0.4) is 0 Å². The zero-order valence-corrected chi connectivity index (χ0v) is 10.7. The van der Waals surface area contributed by atoms with Gasteiger partial charge in [0.1, 0.15) is 0 Å². The molecule has 2 unspecified atom stereocenters. The molecule has 1 aromatic carbocycles. The third-order valence-corrected chi connectivity index (χ3v) is 3.33. The van der Waals surface area contributed by atoms with Gasteiger partial charge in [-0.3, -0.25) is 0 Å². The van der Waals surface area contributed by atoms with Crippen molar-refractivity contribution in [3.63, 3.8) is 0 Å². The van der Waals surface area contributed by atoms with Crippen LogP contribution >= 0.6 is 0 Å². The van der Waals surface area contributed by atoms with E-state index in [2.05, 4.69) is 30.0 Å². The SMILES string of the molecule is CCC(N)c1ccccc1N1CCOC(C#N)C1. The van der Waals surface area contributed by atoms with E-state index < -0.39 is 0 Å². The number of nitrogens with two attached hydrogens (primary N) is 1. The molecule has 2 atom stereocenters. The molecule has 0 saturated carbocycles. The Morgan fingerprint density at radius 2 is 2.33 bits per heavy atom. The number of rotatable bonds is 3. The Bertz CT molecular complexity index is 441. The Morgan fingerprint density at radius 3 is 3.06 bits per heavy atom. The van der Waals surface area contributed by atoms with Crippen LogP contribution in [0.5, 0.6) is 0 Å². The molecule has 4 heteroatoms. The quantitative estimate of drug-likeness (QED) is 0.882. The number of ether oxygens (including phenoxy) is 1. The molecule has 0 amide bonds. The number of morpholine rings is 1. The summed E-state index contributed by atoms with van der Waals surface area (Å²) >= 11 is 0. The van der Waals surface area contributed by atoms with Gasteiger partial charge in [0.2, 0.25) is 0 Å². The third kappa shape index (κ3) is 2.63. The first-order chi connectivity index (χ1) is 8.76. The van der Waals surface area contributed by atoms with E-state index in [-0.39, 0.29) is 12.1 Å². The first-order valence-electron chi connectivity index (χ1n) is 6.37. The second-order valence-electron chi connectivity index (χ2n) is 4.51. The molecule has 1 aliphatic rings. The van der Waals surface area contributed by atoms with Gasteiger partial charge in [0.05, 0.1) is 19.2 Å². The fourth-order valence-electron chi connectivity index (χ4n) is 2.26. The van der Waals surface area contributed by atoms with Crippen molar-refractivity contribution in [2.24, 2.45) is 5.73 Å². The summed E-state index contributed by atoms with van der Waals surface area (Å²) in [5, 5.41) is 8.95. The molecule has 1 aromatic rings. The number of para-hydroxylation sites is 1. The van der Waals surface area contributed by atoms with E-state index in [1.807, 2.05) is 12.1 Å². The number of nitrogens with zero attached hydrogens (tertiary/aromatic N) is 2. The fraction of sp³-hybridized carbons (Fsp3) is 0.500. The Kier molecular flexibility index (Phi) is 4.19. The normalized spacial score (nSPS) is 21.4. The molecular formula is C14H19N3O. The summed E-state index contributed by atoms with van der Waals surface area (Å²) in [6.07, 6.45) is 0.563. The highest BCUT2D eigenvalue weighted by molar-refractivity contribution is 5.55. The maximum Gasteiger partial charge on any atom is 0.161 e. The van der Waals surface area contributed by atoms with E-state index in [0.29, 0.717) is 13.2 Å². The first kappa shape index (κ1) is 12.9. The molecule has 1 heterocycles. The van der Waals surface area contributed by atoms with E-state index >= 15 is 0 Å². The van der Waals surface area contributed by atoms with E-state index in [1.165, 1.54) is 0 Å².